The van der Waals surface area contributed by atoms with E-state index in [9.17, 15) is 9.18 Å². The van der Waals surface area contributed by atoms with E-state index in [1.165, 1.54) is 6.07 Å². The molecular formula is C15H18FN3O2. The Hall–Kier alpha value is -2.37. The molecule has 1 aromatic carbocycles. The van der Waals surface area contributed by atoms with Gasteiger partial charge in [0.2, 0.25) is 0 Å². The average Bonchev–Trinajstić information content (AvgIpc) is 2.79. The monoisotopic (exact) mass is 291 g/mol. The highest BCUT2D eigenvalue weighted by molar-refractivity contribution is 5.92. The first-order valence-electron chi connectivity index (χ1n) is 6.80. The van der Waals surface area contributed by atoms with Gasteiger partial charge in [0.05, 0.1) is 12.3 Å². The molecule has 0 bridgehead atoms. The SMILES string of the molecule is CCOC(=O)c1nc(CC)n(-c2ccc(C)c(F)c2)c1N. The summed E-state index contributed by atoms with van der Waals surface area (Å²) in [5, 5.41) is 0. The van der Waals surface area contributed by atoms with Crippen molar-refractivity contribution in [2.45, 2.75) is 27.2 Å². The minimum atomic E-state index is -0.573. The maximum atomic E-state index is 13.8. The van der Waals surface area contributed by atoms with E-state index >= 15 is 0 Å². The molecule has 2 aromatic rings. The van der Waals surface area contributed by atoms with E-state index in [4.69, 9.17) is 10.5 Å². The number of rotatable bonds is 4. The number of halogens is 1. The van der Waals surface area contributed by atoms with Gasteiger partial charge in [0.15, 0.2) is 5.69 Å². The molecule has 2 N–H and O–H groups in total. The minimum absolute atomic E-state index is 0.0645. The predicted molar refractivity (Wildman–Crippen MR) is 78.0 cm³/mol. The van der Waals surface area contributed by atoms with E-state index in [2.05, 4.69) is 4.98 Å². The first kappa shape index (κ1) is 15.0. The maximum absolute atomic E-state index is 13.8. The van der Waals surface area contributed by atoms with Crippen molar-refractivity contribution in [2.24, 2.45) is 0 Å². The summed E-state index contributed by atoms with van der Waals surface area (Å²) in [5.41, 5.74) is 7.15. The average molecular weight is 291 g/mol. The molecule has 1 heterocycles. The van der Waals surface area contributed by atoms with E-state index in [0.717, 1.165) is 0 Å². The Morgan fingerprint density at radius 1 is 1.43 bits per heavy atom. The number of nitrogen functional groups attached to an aromatic ring is 1. The lowest BCUT2D eigenvalue weighted by Crippen LogP contribution is -2.09. The zero-order valence-electron chi connectivity index (χ0n) is 12.3. The molecule has 6 heteroatoms. The Labute approximate surface area is 122 Å². The van der Waals surface area contributed by atoms with Gasteiger partial charge in [-0.2, -0.15) is 0 Å². The number of aromatic nitrogens is 2. The van der Waals surface area contributed by atoms with Crippen LogP contribution in [-0.4, -0.2) is 22.1 Å². The van der Waals surface area contributed by atoms with Crippen LogP contribution in [0.1, 0.15) is 35.7 Å². The van der Waals surface area contributed by atoms with Gasteiger partial charge in [-0.05, 0) is 31.5 Å². The molecule has 0 saturated heterocycles. The second-order valence-electron chi connectivity index (χ2n) is 4.60. The lowest BCUT2D eigenvalue weighted by Gasteiger charge is -2.10. The molecule has 0 fully saturated rings. The van der Waals surface area contributed by atoms with Gasteiger partial charge in [0.1, 0.15) is 17.5 Å². The molecule has 0 amide bonds. The lowest BCUT2D eigenvalue weighted by molar-refractivity contribution is 0.0521. The second-order valence-corrected chi connectivity index (χ2v) is 4.60. The molecule has 0 aliphatic carbocycles. The topological polar surface area (TPSA) is 70.1 Å². The van der Waals surface area contributed by atoms with Crippen LogP contribution in [0.15, 0.2) is 18.2 Å². The van der Waals surface area contributed by atoms with Crippen LogP contribution in [0.3, 0.4) is 0 Å². The number of nitrogens with zero attached hydrogens (tertiary/aromatic N) is 2. The smallest absolute Gasteiger partial charge is 0.360 e. The van der Waals surface area contributed by atoms with E-state index < -0.39 is 5.97 Å². The van der Waals surface area contributed by atoms with E-state index in [0.29, 0.717) is 23.5 Å². The number of ether oxygens (including phenoxy) is 1. The molecule has 5 nitrogen and oxygen atoms in total. The Kier molecular flexibility index (Phi) is 4.26. The highest BCUT2D eigenvalue weighted by Gasteiger charge is 2.21. The molecule has 0 unspecified atom stereocenters. The van der Waals surface area contributed by atoms with E-state index in [1.807, 2.05) is 6.92 Å². The molecule has 0 spiro atoms. The molecule has 0 aliphatic heterocycles. The summed E-state index contributed by atoms with van der Waals surface area (Å²) in [6.45, 7) is 5.52. The van der Waals surface area contributed by atoms with Crippen molar-refractivity contribution < 1.29 is 13.9 Å². The number of hydrogen-bond acceptors (Lipinski definition) is 4. The van der Waals surface area contributed by atoms with Gasteiger partial charge in [-0.1, -0.05) is 13.0 Å². The Morgan fingerprint density at radius 3 is 2.71 bits per heavy atom. The molecule has 21 heavy (non-hydrogen) atoms. The zero-order valence-corrected chi connectivity index (χ0v) is 12.3. The molecule has 0 aliphatic rings. The predicted octanol–water partition coefficient (Wildman–Crippen LogP) is 2.64. The fraction of sp³-hybridized carbons (Fsp3) is 0.333. The molecule has 112 valence electrons. The summed E-state index contributed by atoms with van der Waals surface area (Å²) in [5.74, 6) is -0.163. The molecule has 1 aromatic heterocycles. The van der Waals surface area contributed by atoms with E-state index in [1.54, 1.807) is 30.5 Å². The third-order valence-electron chi connectivity index (χ3n) is 3.18. The van der Waals surface area contributed by atoms with Gasteiger partial charge in [-0.15, -0.1) is 0 Å². The van der Waals surface area contributed by atoms with Crippen molar-refractivity contribution in [3.63, 3.8) is 0 Å². The summed E-state index contributed by atoms with van der Waals surface area (Å²) in [6, 6.07) is 4.78. The quantitative estimate of drug-likeness (QED) is 0.879. The van der Waals surface area contributed by atoms with Crippen molar-refractivity contribution in [1.29, 1.82) is 0 Å². The third kappa shape index (κ3) is 2.74. The maximum Gasteiger partial charge on any atom is 0.360 e. The highest BCUT2D eigenvalue weighted by Crippen LogP contribution is 2.23. The van der Waals surface area contributed by atoms with Crippen LogP contribution in [-0.2, 0) is 11.2 Å². The number of esters is 1. The molecule has 2 rings (SSSR count). The van der Waals surface area contributed by atoms with Gasteiger partial charge >= 0.3 is 5.97 Å². The highest BCUT2D eigenvalue weighted by atomic mass is 19.1. The first-order chi connectivity index (χ1) is 9.99. The van der Waals surface area contributed by atoms with Crippen molar-refractivity contribution >= 4 is 11.8 Å². The number of aryl methyl sites for hydroxylation is 2. The molecular weight excluding hydrogens is 273 g/mol. The number of benzene rings is 1. The Balaban J connectivity index is 2.57. The summed E-state index contributed by atoms with van der Waals surface area (Å²) in [4.78, 5) is 16.1. The Morgan fingerprint density at radius 2 is 2.14 bits per heavy atom. The largest absolute Gasteiger partial charge is 0.461 e. The second kappa shape index (κ2) is 5.95. The minimum Gasteiger partial charge on any atom is -0.461 e. The number of imidazole rings is 1. The fourth-order valence-electron chi connectivity index (χ4n) is 2.08. The normalized spacial score (nSPS) is 10.7. The lowest BCUT2D eigenvalue weighted by atomic mass is 10.2. The van der Waals surface area contributed by atoms with E-state index in [-0.39, 0.29) is 23.9 Å². The number of carbonyl (C=O) groups excluding carboxylic acids is 1. The van der Waals surface area contributed by atoms with Gasteiger partial charge in [0.25, 0.3) is 0 Å². The van der Waals surface area contributed by atoms with Gasteiger partial charge in [-0.3, -0.25) is 4.57 Å². The summed E-state index contributed by atoms with van der Waals surface area (Å²) in [7, 11) is 0. The van der Waals surface area contributed by atoms with Crippen molar-refractivity contribution in [2.75, 3.05) is 12.3 Å². The van der Waals surface area contributed by atoms with Crippen LogP contribution in [0.4, 0.5) is 10.2 Å². The molecule has 0 saturated carbocycles. The van der Waals surface area contributed by atoms with Crippen molar-refractivity contribution in [3.05, 3.63) is 41.1 Å². The summed E-state index contributed by atoms with van der Waals surface area (Å²) < 4.78 is 20.3. The first-order valence-corrected chi connectivity index (χ1v) is 6.80. The van der Waals surface area contributed by atoms with Crippen LogP contribution >= 0.6 is 0 Å². The number of hydrogen-bond donors (Lipinski definition) is 1. The third-order valence-corrected chi connectivity index (χ3v) is 3.18. The number of anilines is 1. The van der Waals surface area contributed by atoms with Crippen molar-refractivity contribution in [3.8, 4) is 5.69 Å². The van der Waals surface area contributed by atoms with Crippen LogP contribution in [0.5, 0.6) is 0 Å². The van der Waals surface area contributed by atoms with Crippen LogP contribution < -0.4 is 5.73 Å². The molecule has 0 atom stereocenters. The zero-order chi connectivity index (χ0) is 15.6. The van der Waals surface area contributed by atoms with Crippen LogP contribution in [0.2, 0.25) is 0 Å². The van der Waals surface area contributed by atoms with Gasteiger partial charge < -0.3 is 10.5 Å². The van der Waals surface area contributed by atoms with Gasteiger partial charge in [-0.25, -0.2) is 14.2 Å². The fourth-order valence-corrected chi connectivity index (χ4v) is 2.08. The summed E-state index contributed by atoms with van der Waals surface area (Å²) >= 11 is 0. The number of nitrogens with two attached hydrogens (primary N) is 1. The molecule has 0 radical (unpaired) electrons. The standard InChI is InChI=1S/C15H18FN3O2/c1-4-12-18-13(15(20)21-5-2)14(17)19(12)10-7-6-9(3)11(16)8-10/h6-8H,4-5,17H2,1-3H3. The summed E-state index contributed by atoms with van der Waals surface area (Å²) in [6.07, 6.45) is 0.555. The number of carbonyl (C=O) groups is 1. The van der Waals surface area contributed by atoms with Crippen LogP contribution in [0, 0.1) is 12.7 Å². The van der Waals surface area contributed by atoms with Gasteiger partial charge in [0, 0.05) is 6.42 Å². The Bertz CT molecular complexity index is 680. The van der Waals surface area contributed by atoms with Crippen LogP contribution in [0.25, 0.3) is 5.69 Å². The van der Waals surface area contributed by atoms with Crippen molar-refractivity contribution in [1.82, 2.24) is 9.55 Å².